The third-order valence-electron chi connectivity index (χ3n) is 3.77. The van der Waals surface area contributed by atoms with Gasteiger partial charge in [0.25, 0.3) is 0 Å². The fraction of sp³-hybridized carbons (Fsp3) is 0.714. The van der Waals surface area contributed by atoms with Gasteiger partial charge in [-0.3, -0.25) is 0 Å². The Hall–Kier alpha value is -0.420. The molecule has 0 aliphatic carbocycles. The lowest BCUT2D eigenvalue weighted by Gasteiger charge is -2.41. The summed E-state index contributed by atoms with van der Waals surface area (Å²) in [6.07, 6.45) is 3.87. The maximum atomic E-state index is 6.41. The monoisotopic (exact) mass is 269 g/mol. The van der Waals surface area contributed by atoms with Crippen LogP contribution in [0.5, 0.6) is 0 Å². The maximum absolute atomic E-state index is 6.41. The molecule has 0 radical (unpaired) electrons. The van der Waals surface area contributed by atoms with Crippen LogP contribution in [0.25, 0.3) is 0 Å². The molecule has 0 bridgehead atoms. The minimum atomic E-state index is -0.164. The molecule has 2 N–H and O–H groups in total. The van der Waals surface area contributed by atoms with Gasteiger partial charge in [-0.2, -0.15) is 11.3 Å². The summed E-state index contributed by atoms with van der Waals surface area (Å²) in [7, 11) is 0. The number of aryl methyl sites for hydroxylation is 1. The molecular weight excluding hydrogens is 246 g/mol. The second-order valence-electron chi connectivity index (χ2n) is 4.89. The van der Waals surface area contributed by atoms with Gasteiger partial charge in [0.2, 0.25) is 0 Å². The molecule has 3 nitrogen and oxygen atoms in total. The second-order valence-corrected chi connectivity index (χ2v) is 5.67. The van der Waals surface area contributed by atoms with Gasteiger partial charge in [-0.05, 0) is 42.2 Å². The van der Waals surface area contributed by atoms with Crippen molar-refractivity contribution < 1.29 is 9.47 Å². The van der Waals surface area contributed by atoms with E-state index in [9.17, 15) is 0 Å². The van der Waals surface area contributed by atoms with Crippen molar-refractivity contribution in [3.05, 3.63) is 22.4 Å². The van der Waals surface area contributed by atoms with Crippen LogP contribution in [-0.4, -0.2) is 31.5 Å². The average molecular weight is 269 g/mol. The third-order valence-corrected chi connectivity index (χ3v) is 4.50. The molecule has 1 atom stereocenters. The fourth-order valence-corrected chi connectivity index (χ4v) is 3.35. The van der Waals surface area contributed by atoms with Crippen molar-refractivity contribution >= 4 is 11.3 Å². The highest BCUT2D eigenvalue weighted by Crippen LogP contribution is 2.30. The molecule has 18 heavy (non-hydrogen) atoms. The van der Waals surface area contributed by atoms with Gasteiger partial charge in [0.15, 0.2) is 0 Å². The molecule has 2 rings (SSSR count). The quantitative estimate of drug-likeness (QED) is 0.863. The molecule has 1 aliphatic heterocycles. The number of rotatable bonds is 6. The van der Waals surface area contributed by atoms with Gasteiger partial charge < -0.3 is 15.2 Å². The molecule has 2 heterocycles. The average Bonchev–Trinajstić information content (AvgIpc) is 2.90. The number of thiophene rings is 1. The Bertz CT molecular complexity index is 328. The SMILES string of the molecule is CCOC1(C(N)CCc2ccsc2)CCOCC1. The van der Waals surface area contributed by atoms with E-state index in [1.165, 1.54) is 5.56 Å². The van der Waals surface area contributed by atoms with Crippen molar-refractivity contribution in [3.63, 3.8) is 0 Å². The van der Waals surface area contributed by atoms with Crippen molar-refractivity contribution in [2.75, 3.05) is 19.8 Å². The van der Waals surface area contributed by atoms with Crippen molar-refractivity contribution in [3.8, 4) is 0 Å². The first kappa shape index (κ1) is 14.0. The van der Waals surface area contributed by atoms with E-state index in [-0.39, 0.29) is 11.6 Å². The molecule has 0 amide bonds. The zero-order valence-corrected chi connectivity index (χ0v) is 11.9. The van der Waals surface area contributed by atoms with E-state index in [1.807, 2.05) is 6.92 Å². The van der Waals surface area contributed by atoms with Gasteiger partial charge in [0.05, 0.1) is 5.60 Å². The molecule has 1 saturated heterocycles. The molecular formula is C14H23NO2S. The van der Waals surface area contributed by atoms with Gasteiger partial charge in [-0.1, -0.05) is 0 Å². The Morgan fingerprint density at radius 1 is 1.50 bits per heavy atom. The zero-order chi connectivity index (χ0) is 12.8. The summed E-state index contributed by atoms with van der Waals surface area (Å²) in [5, 5.41) is 4.32. The van der Waals surface area contributed by atoms with Crippen LogP contribution < -0.4 is 5.73 Å². The van der Waals surface area contributed by atoms with Gasteiger partial charge >= 0.3 is 0 Å². The van der Waals surface area contributed by atoms with Crippen molar-refractivity contribution in [1.29, 1.82) is 0 Å². The third kappa shape index (κ3) is 3.32. The van der Waals surface area contributed by atoms with Crippen molar-refractivity contribution in [2.24, 2.45) is 5.73 Å². The minimum absolute atomic E-state index is 0.0984. The lowest BCUT2D eigenvalue weighted by Crippen LogP contribution is -2.53. The van der Waals surface area contributed by atoms with Crippen LogP contribution in [0.4, 0.5) is 0 Å². The predicted molar refractivity (Wildman–Crippen MR) is 75.0 cm³/mol. The van der Waals surface area contributed by atoms with E-state index in [1.54, 1.807) is 11.3 Å². The lowest BCUT2D eigenvalue weighted by atomic mass is 9.83. The van der Waals surface area contributed by atoms with Crippen LogP contribution >= 0.6 is 11.3 Å². The first-order chi connectivity index (χ1) is 8.77. The second kappa shape index (κ2) is 6.66. The van der Waals surface area contributed by atoms with Crippen LogP contribution in [-0.2, 0) is 15.9 Å². The van der Waals surface area contributed by atoms with Crippen LogP contribution in [0.15, 0.2) is 16.8 Å². The highest BCUT2D eigenvalue weighted by Gasteiger charge is 2.38. The molecule has 1 unspecified atom stereocenters. The highest BCUT2D eigenvalue weighted by atomic mass is 32.1. The Kier molecular flexibility index (Phi) is 5.18. The smallest absolute Gasteiger partial charge is 0.0876 e. The molecule has 4 heteroatoms. The van der Waals surface area contributed by atoms with E-state index >= 15 is 0 Å². The Morgan fingerprint density at radius 2 is 2.28 bits per heavy atom. The molecule has 0 aromatic carbocycles. The van der Waals surface area contributed by atoms with Crippen LogP contribution in [0.3, 0.4) is 0 Å². The van der Waals surface area contributed by atoms with E-state index in [4.69, 9.17) is 15.2 Å². The summed E-state index contributed by atoms with van der Waals surface area (Å²) in [6, 6.07) is 2.27. The molecule has 1 aromatic heterocycles. The highest BCUT2D eigenvalue weighted by molar-refractivity contribution is 7.07. The van der Waals surface area contributed by atoms with Crippen LogP contribution in [0.1, 0.15) is 31.7 Å². The largest absolute Gasteiger partial charge is 0.381 e. The van der Waals surface area contributed by atoms with E-state index in [2.05, 4.69) is 16.8 Å². The summed E-state index contributed by atoms with van der Waals surface area (Å²) in [6.45, 7) is 4.31. The van der Waals surface area contributed by atoms with Crippen molar-refractivity contribution in [1.82, 2.24) is 0 Å². The number of nitrogens with two attached hydrogens (primary N) is 1. The summed E-state index contributed by atoms with van der Waals surface area (Å²) < 4.78 is 11.4. The fourth-order valence-electron chi connectivity index (χ4n) is 2.65. The van der Waals surface area contributed by atoms with Gasteiger partial charge in [-0.25, -0.2) is 0 Å². The van der Waals surface area contributed by atoms with Crippen LogP contribution in [0, 0.1) is 0 Å². The van der Waals surface area contributed by atoms with E-state index < -0.39 is 0 Å². The number of hydrogen-bond acceptors (Lipinski definition) is 4. The number of hydrogen-bond donors (Lipinski definition) is 1. The molecule has 1 aromatic rings. The van der Waals surface area contributed by atoms with Crippen LogP contribution in [0.2, 0.25) is 0 Å². The number of ether oxygens (including phenoxy) is 2. The van der Waals surface area contributed by atoms with Gasteiger partial charge in [0, 0.05) is 38.7 Å². The van der Waals surface area contributed by atoms with E-state index in [0.717, 1.165) is 45.5 Å². The Labute approximate surface area is 113 Å². The molecule has 1 aliphatic rings. The Balaban J connectivity index is 1.92. The first-order valence-electron chi connectivity index (χ1n) is 6.75. The molecule has 0 saturated carbocycles. The lowest BCUT2D eigenvalue weighted by molar-refractivity contribution is -0.121. The molecule has 102 valence electrons. The molecule has 0 spiro atoms. The summed E-state index contributed by atoms with van der Waals surface area (Å²) >= 11 is 1.74. The minimum Gasteiger partial charge on any atom is -0.381 e. The Morgan fingerprint density at radius 3 is 2.89 bits per heavy atom. The zero-order valence-electron chi connectivity index (χ0n) is 11.1. The normalized spacial score (nSPS) is 20.8. The van der Waals surface area contributed by atoms with Gasteiger partial charge in [-0.15, -0.1) is 0 Å². The van der Waals surface area contributed by atoms with Gasteiger partial charge in [0.1, 0.15) is 0 Å². The van der Waals surface area contributed by atoms with E-state index in [0.29, 0.717) is 0 Å². The summed E-state index contributed by atoms with van der Waals surface area (Å²) in [5.74, 6) is 0. The topological polar surface area (TPSA) is 44.5 Å². The maximum Gasteiger partial charge on any atom is 0.0876 e. The first-order valence-corrected chi connectivity index (χ1v) is 7.69. The van der Waals surface area contributed by atoms with Crippen molar-refractivity contribution in [2.45, 2.75) is 44.2 Å². The predicted octanol–water partition coefficient (Wildman–Crippen LogP) is 2.59. The standard InChI is InChI=1S/C14H23NO2S/c1-2-17-14(6-8-16-9-7-14)13(15)4-3-12-5-10-18-11-12/h5,10-11,13H,2-4,6-9,15H2,1H3. The summed E-state index contributed by atoms with van der Waals surface area (Å²) in [4.78, 5) is 0. The summed E-state index contributed by atoms with van der Waals surface area (Å²) in [5.41, 5.74) is 7.63. The molecule has 1 fully saturated rings.